The van der Waals surface area contributed by atoms with Gasteiger partial charge in [-0.05, 0) is 43.0 Å². The van der Waals surface area contributed by atoms with Crippen molar-refractivity contribution in [2.75, 3.05) is 25.0 Å². The van der Waals surface area contributed by atoms with Crippen molar-refractivity contribution >= 4 is 5.69 Å². The minimum atomic E-state index is 0.786. The van der Waals surface area contributed by atoms with Crippen molar-refractivity contribution in [1.82, 2.24) is 5.32 Å². The molecule has 1 N–H and O–H groups in total. The summed E-state index contributed by atoms with van der Waals surface area (Å²) in [5.41, 5.74) is 3.02. The lowest BCUT2D eigenvalue weighted by atomic mass is 10.1. The van der Waals surface area contributed by atoms with Crippen molar-refractivity contribution < 1.29 is 0 Å². The Labute approximate surface area is 109 Å². The van der Waals surface area contributed by atoms with Crippen molar-refractivity contribution in [1.29, 1.82) is 5.26 Å². The molecule has 0 bridgehead atoms. The van der Waals surface area contributed by atoms with Gasteiger partial charge in [0.15, 0.2) is 0 Å². The second kappa shape index (κ2) is 5.88. The van der Waals surface area contributed by atoms with Gasteiger partial charge < -0.3 is 10.2 Å². The summed E-state index contributed by atoms with van der Waals surface area (Å²) in [6.07, 6.45) is 2.68. The third-order valence-corrected chi connectivity index (χ3v) is 3.40. The van der Waals surface area contributed by atoms with E-state index in [1.54, 1.807) is 0 Å². The fourth-order valence-corrected chi connectivity index (χ4v) is 2.17. The molecule has 2 rings (SSSR count). The molecule has 0 amide bonds. The van der Waals surface area contributed by atoms with E-state index in [1.165, 1.54) is 18.4 Å². The number of rotatable bonds is 6. The van der Waals surface area contributed by atoms with Crippen molar-refractivity contribution in [3.8, 4) is 6.07 Å². The molecule has 1 saturated carbocycles. The molecule has 1 fully saturated rings. The van der Waals surface area contributed by atoms with Gasteiger partial charge >= 0.3 is 0 Å². The van der Waals surface area contributed by atoms with E-state index in [0.717, 1.165) is 36.8 Å². The van der Waals surface area contributed by atoms with Gasteiger partial charge in [0.05, 0.1) is 11.3 Å². The Hall–Kier alpha value is -1.53. The van der Waals surface area contributed by atoms with Crippen LogP contribution in [-0.2, 0) is 6.54 Å². The number of hydrogen-bond donors (Lipinski definition) is 1. The standard InChI is InChI=1S/C15H21N3/c1-3-17-10-13-6-7-15(14(8-13)9-16)18(2)11-12-4-5-12/h6-8,12,17H,3-5,10-11H2,1-2H3. The fraction of sp³-hybridized carbons (Fsp3) is 0.533. The zero-order valence-electron chi connectivity index (χ0n) is 11.2. The number of nitrogens with zero attached hydrogens (tertiary/aromatic N) is 2. The summed E-state index contributed by atoms with van der Waals surface area (Å²) in [5, 5.41) is 12.6. The van der Waals surface area contributed by atoms with Crippen LogP contribution in [0.15, 0.2) is 18.2 Å². The largest absolute Gasteiger partial charge is 0.373 e. The summed E-state index contributed by atoms with van der Waals surface area (Å²) in [5.74, 6) is 0.836. The van der Waals surface area contributed by atoms with Gasteiger partial charge in [-0.15, -0.1) is 0 Å². The van der Waals surface area contributed by atoms with E-state index in [9.17, 15) is 5.26 Å². The molecule has 0 atom stereocenters. The molecule has 18 heavy (non-hydrogen) atoms. The van der Waals surface area contributed by atoms with Crippen LogP contribution in [0, 0.1) is 17.2 Å². The van der Waals surface area contributed by atoms with Gasteiger partial charge in [-0.2, -0.15) is 5.26 Å². The molecule has 0 heterocycles. The smallest absolute Gasteiger partial charge is 0.101 e. The second-order valence-corrected chi connectivity index (χ2v) is 5.07. The lowest BCUT2D eigenvalue weighted by molar-refractivity contribution is 0.726. The summed E-state index contributed by atoms with van der Waals surface area (Å²) < 4.78 is 0. The zero-order chi connectivity index (χ0) is 13.0. The van der Waals surface area contributed by atoms with Gasteiger partial charge in [-0.25, -0.2) is 0 Å². The molecule has 0 radical (unpaired) electrons. The maximum atomic E-state index is 9.27. The van der Waals surface area contributed by atoms with E-state index in [2.05, 4.69) is 42.4 Å². The van der Waals surface area contributed by atoms with E-state index in [4.69, 9.17) is 0 Å². The van der Waals surface area contributed by atoms with Gasteiger partial charge in [0.1, 0.15) is 6.07 Å². The summed E-state index contributed by atoms with van der Waals surface area (Å²) >= 11 is 0. The number of benzene rings is 1. The molecule has 0 spiro atoms. The van der Waals surface area contributed by atoms with Crippen LogP contribution in [0.4, 0.5) is 5.69 Å². The van der Waals surface area contributed by atoms with Gasteiger partial charge in [0.25, 0.3) is 0 Å². The Balaban J connectivity index is 2.11. The van der Waals surface area contributed by atoms with Crippen molar-refractivity contribution in [2.45, 2.75) is 26.3 Å². The first-order valence-electron chi connectivity index (χ1n) is 6.69. The van der Waals surface area contributed by atoms with Crippen molar-refractivity contribution in [2.24, 2.45) is 5.92 Å². The van der Waals surface area contributed by atoms with E-state index >= 15 is 0 Å². The number of anilines is 1. The predicted molar refractivity (Wildman–Crippen MR) is 74.5 cm³/mol. The molecular formula is C15H21N3. The molecule has 1 aliphatic rings. The fourth-order valence-electron chi connectivity index (χ4n) is 2.17. The monoisotopic (exact) mass is 243 g/mol. The Kier molecular flexibility index (Phi) is 4.22. The Bertz CT molecular complexity index is 444. The average molecular weight is 243 g/mol. The first-order chi connectivity index (χ1) is 8.74. The van der Waals surface area contributed by atoms with Crippen LogP contribution in [-0.4, -0.2) is 20.1 Å². The van der Waals surface area contributed by atoms with Crippen LogP contribution in [0.5, 0.6) is 0 Å². The predicted octanol–water partition coefficient (Wildman–Crippen LogP) is 2.51. The first kappa shape index (κ1) is 12.9. The molecule has 1 aromatic rings. The third kappa shape index (κ3) is 3.24. The highest BCUT2D eigenvalue weighted by Gasteiger charge is 2.23. The quantitative estimate of drug-likeness (QED) is 0.834. The highest BCUT2D eigenvalue weighted by molar-refractivity contribution is 5.60. The molecule has 1 aliphatic carbocycles. The average Bonchev–Trinajstić information content (AvgIpc) is 3.19. The molecule has 0 aliphatic heterocycles. The molecular weight excluding hydrogens is 222 g/mol. The van der Waals surface area contributed by atoms with Gasteiger partial charge in [-0.1, -0.05) is 13.0 Å². The number of nitrogens with one attached hydrogen (secondary N) is 1. The Morgan fingerprint density at radius 1 is 1.44 bits per heavy atom. The summed E-state index contributed by atoms with van der Waals surface area (Å²) in [7, 11) is 2.08. The Morgan fingerprint density at radius 2 is 2.22 bits per heavy atom. The molecule has 96 valence electrons. The SMILES string of the molecule is CCNCc1ccc(N(C)CC2CC2)c(C#N)c1. The van der Waals surface area contributed by atoms with Crippen molar-refractivity contribution in [3.63, 3.8) is 0 Å². The van der Waals surface area contributed by atoms with Crippen molar-refractivity contribution in [3.05, 3.63) is 29.3 Å². The van der Waals surface area contributed by atoms with E-state index in [-0.39, 0.29) is 0 Å². The molecule has 0 aromatic heterocycles. The minimum Gasteiger partial charge on any atom is -0.373 e. The lowest BCUT2D eigenvalue weighted by Gasteiger charge is -2.20. The van der Waals surface area contributed by atoms with Crippen LogP contribution in [0.3, 0.4) is 0 Å². The lowest BCUT2D eigenvalue weighted by Crippen LogP contribution is -2.21. The first-order valence-corrected chi connectivity index (χ1v) is 6.69. The minimum absolute atomic E-state index is 0.786. The van der Waals surface area contributed by atoms with Crippen LogP contribution in [0.2, 0.25) is 0 Å². The van der Waals surface area contributed by atoms with Crippen LogP contribution >= 0.6 is 0 Å². The van der Waals surface area contributed by atoms with E-state index < -0.39 is 0 Å². The highest BCUT2D eigenvalue weighted by Crippen LogP contribution is 2.31. The van der Waals surface area contributed by atoms with Crippen LogP contribution < -0.4 is 10.2 Å². The van der Waals surface area contributed by atoms with E-state index in [0.29, 0.717) is 0 Å². The summed E-state index contributed by atoms with van der Waals surface area (Å²) in [6, 6.07) is 8.51. The summed E-state index contributed by atoms with van der Waals surface area (Å²) in [4.78, 5) is 2.22. The molecule has 3 nitrogen and oxygen atoms in total. The van der Waals surface area contributed by atoms with Crippen LogP contribution in [0.1, 0.15) is 30.9 Å². The number of hydrogen-bond acceptors (Lipinski definition) is 3. The van der Waals surface area contributed by atoms with Gasteiger partial charge in [0.2, 0.25) is 0 Å². The normalized spacial score (nSPS) is 14.3. The second-order valence-electron chi connectivity index (χ2n) is 5.07. The number of nitriles is 1. The van der Waals surface area contributed by atoms with E-state index in [1.807, 2.05) is 6.07 Å². The maximum Gasteiger partial charge on any atom is 0.101 e. The molecule has 1 aromatic carbocycles. The third-order valence-electron chi connectivity index (χ3n) is 3.40. The molecule has 3 heteroatoms. The zero-order valence-corrected chi connectivity index (χ0v) is 11.2. The molecule has 0 unspecified atom stereocenters. The maximum absolute atomic E-state index is 9.27. The van der Waals surface area contributed by atoms with Gasteiger partial charge in [0, 0.05) is 20.1 Å². The highest BCUT2D eigenvalue weighted by atomic mass is 15.1. The van der Waals surface area contributed by atoms with Gasteiger partial charge in [-0.3, -0.25) is 0 Å². The Morgan fingerprint density at radius 3 is 2.83 bits per heavy atom. The summed E-state index contributed by atoms with van der Waals surface area (Å²) in [6.45, 7) is 4.94. The topological polar surface area (TPSA) is 39.1 Å². The van der Waals surface area contributed by atoms with Crippen LogP contribution in [0.25, 0.3) is 0 Å². The molecule has 0 saturated heterocycles.